The van der Waals surface area contributed by atoms with Gasteiger partial charge >= 0.3 is 0 Å². The van der Waals surface area contributed by atoms with Crippen LogP contribution in [0.1, 0.15) is 16.7 Å². The van der Waals surface area contributed by atoms with Crippen LogP contribution in [0.25, 0.3) is 0 Å². The van der Waals surface area contributed by atoms with E-state index in [1.807, 2.05) is 48.5 Å². The Morgan fingerprint density at radius 1 is 1.07 bits per heavy atom. The molecule has 0 radical (unpaired) electrons. The largest absolute Gasteiger partial charge is 0.377 e. The van der Waals surface area contributed by atoms with Crippen LogP contribution in [0.3, 0.4) is 0 Å². The summed E-state index contributed by atoms with van der Waals surface area (Å²) in [6, 6.07) is 22.0. The lowest BCUT2D eigenvalue weighted by atomic mass is 9.77. The fourth-order valence-corrected chi connectivity index (χ4v) is 4.22. The average molecular weight is 473 g/mol. The van der Waals surface area contributed by atoms with E-state index in [1.165, 1.54) is 7.11 Å². The standard InChI is InChI=1S/C23H19BrClNO3/c1-29-21-22(27)26(14-15-6-12-18(25)13-7-15)20-5-3-2-4-19(20)23(21,28)16-8-10-17(24)11-9-16/h2-13,21,28H,14H2,1H3. The lowest BCUT2D eigenvalue weighted by Crippen LogP contribution is -2.57. The van der Waals surface area contributed by atoms with Gasteiger partial charge < -0.3 is 14.7 Å². The number of carbonyl (C=O) groups is 1. The van der Waals surface area contributed by atoms with E-state index in [0.29, 0.717) is 28.4 Å². The van der Waals surface area contributed by atoms with Crippen molar-refractivity contribution in [2.75, 3.05) is 12.0 Å². The molecule has 1 amide bonds. The number of hydrogen-bond acceptors (Lipinski definition) is 3. The van der Waals surface area contributed by atoms with E-state index in [0.717, 1.165) is 10.0 Å². The highest BCUT2D eigenvalue weighted by Gasteiger charge is 2.52. The molecule has 3 aromatic carbocycles. The average Bonchev–Trinajstić information content (AvgIpc) is 2.73. The first-order valence-electron chi connectivity index (χ1n) is 9.11. The summed E-state index contributed by atoms with van der Waals surface area (Å²) in [5.74, 6) is -0.299. The summed E-state index contributed by atoms with van der Waals surface area (Å²) in [5.41, 5.74) is 1.22. The highest BCUT2D eigenvalue weighted by atomic mass is 79.9. The summed E-state index contributed by atoms with van der Waals surface area (Å²) >= 11 is 9.41. The Labute approximate surface area is 182 Å². The van der Waals surface area contributed by atoms with Crippen LogP contribution in [-0.2, 0) is 21.7 Å². The topological polar surface area (TPSA) is 49.8 Å². The Hall–Kier alpha value is -2.18. The van der Waals surface area contributed by atoms with Crippen molar-refractivity contribution in [1.29, 1.82) is 0 Å². The normalized spacial score (nSPS) is 21.2. The molecule has 0 aliphatic carbocycles. The van der Waals surface area contributed by atoms with E-state index in [1.54, 1.807) is 29.2 Å². The molecule has 4 nitrogen and oxygen atoms in total. The molecular weight excluding hydrogens is 454 g/mol. The molecule has 1 heterocycles. The highest BCUT2D eigenvalue weighted by Crippen LogP contribution is 2.45. The van der Waals surface area contributed by atoms with Gasteiger partial charge in [-0.2, -0.15) is 0 Å². The van der Waals surface area contributed by atoms with Crippen molar-refractivity contribution in [2.24, 2.45) is 0 Å². The van der Waals surface area contributed by atoms with Crippen LogP contribution in [-0.4, -0.2) is 24.2 Å². The molecule has 4 rings (SSSR count). The zero-order valence-electron chi connectivity index (χ0n) is 15.7. The van der Waals surface area contributed by atoms with Crippen molar-refractivity contribution in [1.82, 2.24) is 0 Å². The minimum Gasteiger partial charge on any atom is -0.377 e. The molecule has 1 aliphatic rings. The second-order valence-electron chi connectivity index (χ2n) is 6.96. The smallest absolute Gasteiger partial charge is 0.260 e. The number of rotatable bonds is 4. The van der Waals surface area contributed by atoms with E-state index in [2.05, 4.69) is 15.9 Å². The summed E-state index contributed by atoms with van der Waals surface area (Å²) in [6.07, 6.45) is -1.08. The number of amides is 1. The second kappa shape index (κ2) is 7.92. The second-order valence-corrected chi connectivity index (χ2v) is 8.31. The number of aliphatic hydroxyl groups is 1. The van der Waals surface area contributed by atoms with Gasteiger partial charge in [0.25, 0.3) is 5.91 Å². The number of hydrogen-bond donors (Lipinski definition) is 1. The van der Waals surface area contributed by atoms with Gasteiger partial charge in [-0.25, -0.2) is 0 Å². The first kappa shape index (κ1) is 20.1. The lowest BCUT2D eigenvalue weighted by molar-refractivity contribution is -0.145. The van der Waals surface area contributed by atoms with Gasteiger partial charge in [0.2, 0.25) is 0 Å². The molecule has 2 atom stereocenters. The van der Waals surface area contributed by atoms with E-state index < -0.39 is 11.7 Å². The van der Waals surface area contributed by atoms with Crippen LogP contribution in [0.4, 0.5) is 5.69 Å². The van der Waals surface area contributed by atoms with Crippen LogP contribution in [0.2, 0.25) is 5.02 Å². The van der Waals surface area contributed by atoms with Crippen molar-refractivity contribution in [3.05, 3.63) is 99.0 Å². The minimum atomic E-state index is -1.60. The maximum atomic E-state index is 13.5. The SMILES string of the molecule is COC1C(=O)N(Cc2ccc(Cl)cc2)c2ccccc2C1(O)c1ccc(Br)cc1. The first-order valence-corrected chi connectivity index (χ1v) is 10.3. The first-order chi connectivity index (χ1) is 13.9. The zero-order chi connectivity index (χ0) is 20.6. The Bertz CT molecular complexity index is 1040. The molecule has 0 saturated carbocycles. The summed E-state index contributed by atoms with van der Waals surface area (Å²) < 4.78 is 6.46. The Kier molecular flexibility index (Phi) is 5.49. The van der Waals surface area contributed by atoms with Gasteiger partial charge in [-0.3, -0.25) is 4.79 Å². The lowest BCUT2D eigenvalue weighted by Gasteiger charge is -2.44. The van der Waals surface area contributed by atoms with Gasteiger partial charge in [0.1, 0.15) is 0 Å². The predicted molar refractivity (Wildman–Crippen MR) is 117 cm³/mol. The van der Waals surface area contributed by atoms with Crippen molar-refractivity contribution >= 4 is 39.1 Å². The third-order valence-electron chi connectivity index (χ3n) is 5.25. The van der Waals surface area contributed by atoms with Gasteiger partial charge in [-0.05, 0) is 41.5 Å². The number of methoxy groups -OCH3 is 1. The summed E-state index contributed by atoms with van der Waals surface area (Å²) in [6.45, 7) is 0.350. The van der Waals surface area contributed by atoms with Crippen LogP contribution in [0, 0.1) is 0 Å². The Balaban J connectivity index is 1.85. The Morgan fingerprint density at radius 2 is 1.72 bits per heavy atom. The molecule has 1 aliphatic heterocycles. The van der Waals surface area contributed by atoms with E-state index in [-0.39, 0.29) is 5.91 Å². The number of nitrogens with zero attached hydrogens (tertiary/aromatic N) is 1. The molecule has 6 heteroatoms. The number of fused-ring (bicyclic) bond motifs is 1. The summed E-state index contributed by atoms with van der Waals surface area (Å²) in [4.78, 5) is 15.1. The van der Waals surface area contributed by atoms with Crippen LogP contribution in [0.5, 0.6) is 0 Å². The van der Waals surface area contributed by atoms with E-state index in [9.17, 15) is 9.90 Å². The number of halogens is 2. The quantitative estimate of drug-likeness (QED) is 0.587. The number of benzene rings is 3. The van der Waals surface area contributed by atoms with Crippen LogP contribution >= 0.6 is 27.5 Å². The summed E-state index contributed by atoms with van der Waals surface area (Å²) in [7, 11) is 1.45. The van der Waals surface area contributed by atoms with Crippen molar-refractivity contribution in [3.63, 3.8) is 0 Å². The minimum absolute atomic E-state index is 0.299. The van der Waals surface area contributed by atoms with Gasteiger partial charge in [0, 0.05) is 22.2 Å². The highest BCUT2D eigenvalue weighted by molar-refractivity contribution is 9.10. The monoisotopic (exact) mass is 471 g/mol. The van der Waals surface area contributed by atoms with Gasteiger partial charge in [-0.1, -0.05) is 70.0 Å². The van der Waals surface area contributed by atoms with Crippen LogP contribution < -0.4 is 4.90 Å². The molecule has 0 fully saturated rings. The molecule has 1 N–H and O–H groups in total. The van der Waals surface area contributed by atoms with Gasteiger partial charge in [-0.15, -0.1) is 0 Å². The molecule has 0 spiro atoms. The number of ether oxygens (including phenoxy) is 1. The number of anilines is 1. The summed E-state index contributed by atoms with van der Waals surface area (Å²) in [5, 5.41) is 12.5. The van der Waals surface area contributed by atoms with Crippen LogP contribution in [0.15, 0.2) is 77.3 Å². The maximum Gasteiger partial charge on any atom is 0.260 e. The van der Waals surface area contributed by atoms with Crippen molar-refractivity contribution in [3.8, 4) is 0 Å². The molecule has 0 aromatic heterocycles. The molecule has 29 heavy (non-hydrogen) atoms. The fourth-order valence-electron chi connectivity index (χ4n) is 3.83. The zero-order valence-corrected chi connectivity index (χ0v) is 18.0. The molecule has 148 valence electrons. The molecule has 0 bridgehead atoms. The molecule has 0 saturated heterocycles. The maximum absolute atomic E-state index is 13.5. The number of para-hydroxylation sites is 1. The molecule has 2 unspecified atom stereocenters. The predicted octanol–water partition coefficient (Wildman–Crippen LogP) is 4.90. The van der Waals surface area contributed by atoms with Gasteiger partial charge in [0.15, 0.2) is 11.7 Å². The third kappa shape index (κ3) is 3.49. The Morgan fingerprint density at radius 3 is 2.38 bits per heavy atom. The van der Waals surface area contributed by atoms with E-state index in [4.69, 9.17) is 16.3 Å². The number of carbonyl (C=O) groups excluding carboxylic acids is 1. The van der Waals surface area contributed by atoms with E-state index >= 15 is 0 Å². The van der Waals surface area contributed by atoms with Gasteiger partial charge in [0.05, 0.1) is 12.2 Å². The third-order valence-corrected chi connectivity index (χ3v) is 6.03. The van der Waals surface area contributed by atoms with Crippen molar-refractivity contribution < 1.29 is 14.6 Å². The van der Waals surface area contributed by atoms with Crippen molar-refractivity contribution in [2.45, 2.75) is 18.2 Å². The molecule has 3 aromatic rings. The molecular formula is C23H19BrClNO3. The fraction of sp³-hybridized carbons (Fsp3) is 0.174.